The summed E-state index contributed by atoms with van der Waals surface area (Å²) in [6.07, 6.45) is 1.39. The number of rotatable bonds is 4. The molecule has 108 valence electrons. The zero-order chi connectivity index (χ0) is 13.8. The molecule has 0 radical (unpaired) electrons. The molecule has 1 atom stereocenters. The second-order valence-corrected chi connectivity index (χ2v) is 6.30. The highest BCUT2D eigenvalue weighted by atomic mass is 35.5. The highest BCUT2D eigenvalue weighted by Crippen LogP contribution is 2.39. The topological polar surface area (TPSA) is 44.2 Å². The molecule has 1 unspecified atom stereocenters. The van der Waals surface area contributed by atoms with E-state index >= 15 is 0 Å². The van der Waals surface area contributed by atoms with E-state index in [0.29, 0.717) is 11.5 Å². The van der Waals surface area contributed by atoms with Gasteiger partial charge < -0.3 is 9.26 Å². The van der Waals surface area contributed by atoms with Crippen molar-refractivity contribution in [3.05, 3.63) is 40.8 Å². The van der Waals surface area contributed by atoms with Gasteiger partial charge in [0.05, 0.1) is 14.3 Å². The highest BCUT2D eigenvalue weighted by molar-refractivity contribution is 7.51. The predicted molar refractivity (Wildman–Crippen MR) is 89.1 cm³/mol. The minimum atomic E-state index is -0.553. The van der Waals surface area contributed by atoms with Crippen LogP contribution in [0.25, 0.3) is 0 Å². The van der Waals surface area contributed by atoms with E-state index in [1.54, 1.807) is 6.07 Å². The lowest BCUT2D eigenvalue weighted by Crippen LogP contribution is -1.94. The maximum absolute atomic E-state index is 5.96. The minimum Gasteiger partial charge on any atom is -0.471 e. The van der Waals surface area contributed by atoms with Gasteiger partial charge in [-0.05, 0) is 37.1 Å². The molecule has 0 aliphatic carbocycles. The third-order valence-corrected chi connectivity index (χ3v) is 3.02. The number of halogens is 2. The Hall–Kier alpha value is -0.660. The smallest absolute Gasteiger partial charge is 0.242 e. The normalized spacial score (nSPS) is 10.1. The van der Waals surface area contributed by atoms with Crippen LogP contribution in [-0.2, 0) is 0 Å². The van der Waals surface area contributed by atoms with E-state index in [4.69, 9.17) is 32.5 Å². The lowest BCUT2D eigenvalue weighted by atomic mass is 10.3. The molecule has 0 spiro atoms. The van der Waals surface area contributed by atoms with Crippen molar-refractivity contribution in [2.75, 3.05) is 13.3 Å². The van der Waals surface area contributed by atoms with Gasteiger partial charge in [-0.15, -0.1) is 0 Å². The van der Waals surface area contributed by atoms with E-state index in [0.717, 1.165) is 0 Å². The average Bonchev–Trinajstić information content (AvgIpc) is 2.35. The number of nitrogens with zero attached hydrogens (tertiary/aromatic N) is 2. The Balaban J connectivity index is 0.00000200. The van der Waals surface area contributed by atoms with Gasteiger partial charge in [-0.3, -0.25) is 0 Å². The summed E-state index contributed by atoms with van der Waals surface area (Å²) in [7, 11) is -0.553. The van der Waals surface area contributed by atoms with Crippen molar-refractivity contribution in [2.24, 2.45) is 0 Å². The summed E-state index contributed by atoms with van der Waals surface area (Å²) in [6, 6.07) is 7.32. The van der Waals surface area contributed by atoms with Gasteiger partial charge in [0.1, 0.15) is 5.02 Å². The molecule has 4 nitrogen and oxygen atoms in total. The molecule has 0 aliphatic heterocycles. The zero-order valence-electron chi connectivity index (χ0n) is 11.0. The van der Waals surface area contributed by atoms with Crippen LogP contribution in [0.15, 0.2) is 30.5 Å². The second kappa shape index (κ2) is 7.95. The molecular weight excluding hydrogens is 337 g/mol. The summed E-state index contributed by atoms with van der Waals surface area (Å²) in [4.78, 5) is 7.70. The summed E-state index contributed by atoms with van der Waals surface area (Å²) in [5.41, 5.74) is 0. The molecule has 2 aromatic rings. The molecule has 20 heavy (non-hydrogen) atoms. The molecule has 1 heterocycles. The zero-order valence-corrected chi connectivity index (χ0v) is 14.8. The van der Waals surface area contributed by atoms with E-state index < -0.39 is 8.15 Å². The fraction of sp³-hybridized carbons (Fsp3) is 0.167. The lowest BCUT2D eigenvalue weighted by molar-refractivity contribution is 0.439. The molecule has 0 saturated heterocycles. The van der Waals surface area contributed by atoms with Crippen LogP contribution in [0.5, 0.6) is 17.4 Å². The number of hydrogen-bond donors (Lipinski definition) is 0. The Morgan fingerprint density at radius 3 is 2.40 bits per heavy atom. The lowest BCUT2D eigenvalue weighted by Gasteiger charge is -2.14. The van der Waals surface area contributed by atoms with Gasteiger partial charge in [0.25, 0.3) is 0 Å². The molecule has 0 N–H and O–H groups in total. The quantitative estimate of drug-likeness (QED) is 0.593. The fourth-order valence-corrected chi connectivity index (χ4v) is 2.11. The molecule has 8 heteroatoms. The van der Waals surface area contributed by atoms with Gasteiger partial charge in [-0.1, -0.05) is 23.7 Å². The maximum Gasteiger partial charge on any atom is 0.242 e. The standard InChI is InChI=1S/C12H11Cl2N2O2P.H3P/c1-19(2)18-10-6-4-3-5-9(10)17-11-8(13)7-15-12(14)16-11;/h3-7H,1-2H3;1H3. The van der Waals surface area contributed by atoms with E-state index in [2.05, 4.69) is 9.97 Å². The van der Waals surface area contributed by atoms with Gasteiger partial charge in [-0.25, -0.2) is 4.98 Å². The summed E-state index contributed by atoms with van der Waals surface area (Å²) in [5.74, 6) is 1.38. The largest absolute Gasteiger partial charge is 0.471 e. The third-order valence-electron chi connectivity index (χ3n) is 2.02. The van der Waals surface area contributed by atoms with E-state index in [1.165, 1.54) is 6.20 Å². The summed E-state index contributed by atoms with van der Waals surface area (Å²) >= 11 is 11.7. The predicted octanol–water partition coefficient (Wildman–Crippen LogP) is 4.67. The van der Waals surface area contributed by atoms with Crippen LogP contribution in [0.4, 0.5) is 0 Å². The average molecular weight is 351 g/mol. The monoisotopic (exact) mass is 350 g/mol. The van der Waals surface area contributed by atoms with Gasteiger partial charge in [-0.2, -0.15) is 14.9 Å². The number of hydrogen-bond acceptors (Lipinski definition) is 4. The Morgan fingerprint density at radius 2 is 1.75 bits per heavy atom. The molecule has 0 amide bonds. The van der Waals surface area contributed by atoms with Crippen LogP contribution in [0.1, 0.15) is 0 Å². The number of ether oxygens (including phenoxy) is 1. The third kappa shape index (κ3) is 4.71. The molecule has 2 rings (SSSR count). The fourth-order valence-electron chi connectivity index (χ4n) is 1.31. The Bertz CT molecular complexity index is 585. The number of aromatic nitrogens is 2. The van der Waals surface area contributed by atoms with Crippen LogP contribution in [-0.4, -0.2) is 23.3 Å². The summed E-state index contributed by atoms with van der Waals surface area (Å²) in [5, 5.41) is 0.362. The Morgan fingerprint density at radius 1 is 1.10 bits per heavy atom. The van der Waals surface area contributed by atoms with Crippen molar-refractivity contribution in [3.8, 4) is 17.4 Å². The molecule has 1 aromatic heterocycles. The van der Waals surface area contributed by atoms with Crippen molar-refractivity contribution in [1.82, 2.24) is 9.97 Å². The van der Waals surface area contributed by atoms with Crippen LogP contribution < -0.4 is 9.26 Å². The Labute approximate surface area is 132 Å². The first-order chi connectivity index (χ1) is 9.06. The van der Waals surface area contributed by atoms with Crippen molar-refractivity contribution in [1.29, 1.82) is 0 Å². The van der Waals surface area contributed by atoms with Crippen molar-refractivity contribution >= 4 is 41.2 Å². The van der Waals surface area contributed by atoms with Gasteiger partial charge >= 0.3 is 0 Å². The van der Waals surface area contributed by atoms with E-state index in [9.17, 15) is 0 Å². The molecule has 1 aromatic carbocycles. The van der Waals surface area contributed by atoms with Crippen LogP contribution in [0, 0.1) is 0 Å². The van der Waals surface area contributed by atoms with Crippen molar-refractivity contribution < 1.29 is 9.26 Å². The molecular formula is C12H14Cl2N2O2P2. The SMILES string of the molecule is CP(C)Oc1ccccc1Oc1nc(Cl)ncc1Cl.P. The summed E-state index contributed by atoms with van der Waals surface area (Å²) in [6.45, 7) is 4.00. The van der Waals surface area contributed by atoms with Crippen molar-refractivity contribution in [3.63, 3.8) is 0 Å². The first-order valence-electron chi connectivity index (χ1n) is 5.36. The first kappa shape index (κ1) is 17.4. The van der Waals surface area contributed by atoms with E-state index in [-0.39, 0.29) is 26.1 Å². The van der Waals surface area contributed by atoms with Crippen LogP contribution in [0.3, 0.4) is 0 Å². The van der Waals surface area contributed by atoms with Crippen molar-refractivity contribution in [2.45, 2.75) is 0 Å². The second-order valence-electron chi connectivity index (χ2n) is 3.74. The van der Waals surface area contributed by atoms with Gasteiger partial charge in [0.2, 0.25) is 11.2 Å². The number of benzene rings is 1. The number of para-hydroxylation sites is 2. The van der Waals surface area contributed by atoms with E-state index in [1.807, 2.05) is 31.5 Å². The van der Waals surface area contributed by atoms with Crippen LogP contribution >= 0.6 is 41.2 Å². The molecule has 0 aliphatic rings. The van der Waals surface area contributed by atoms with Crippen LogP contribution in [0.2, 0.25) is 10.3 Å². The molecule has 0 fully saturated rings. The molecule has 0 bridgehead atoms. The maximum atomic E-state index is 5.96. The minimum absolute atomic E-state index is 0. The van der Waals surface area contributed by atoms with Gasteiger partial charge in [0.15, 0.2) is 11.5 Å². The summed E-state index contributed by atoms with van der Waals surface area (Å²) < 4.78 is 11.3. The Kier molecular flexibility index (Phi) is 6.91. The highest BCUT2D eigenvalue weighted by Gasteiger charge is 2.11. The van der Waals surface area contributed by atoms with Gasteiger partial charge in [0, 0.05) is 0 Å². The first-order valence-corrected chi connectivity index (χ1v) is 8.27. The molecule has 0 saturated carbocycles.